The molecule has 0 radical (unpaired) electrons. The predicted octanol–water partition coefficient (Wildman–Crippen LogP) is 3.91. The smallest absolute Gasteiger partial charge is 0.408 e. The second kappa shape index (κ2) is 8.24. The minimum atomic E-state index is -0.778. The first-order chi connectivity index (χ1) is 15.6. The fraction of sp³-hybridized carbons (Fsp3) is 0.348. The fourth-order valence-electron chi connectivity index (χ4n) is 3.60. The molecule has 1 aliphatic rings. The van der Waals surface area contributed by atoms with Gasteiger partial charge >= 0.3 is 6.09 Å². The third kappa shape index (κ3) is 4.67. The van der Waals surface area contributed by atoms with Crippen LogP contribution in [0.3, 0.4) is 0 Å². The lowest BCUT2D eigenvalue weighted by Crippen LogP contribution is -2.39. The van der Waals surface area contributed by atoms with Crippen LogP contribution >= 0.6 is 0 Å². The molecule has 1 amide bonds. The van der Waals surface area contributed by atoms with Crippen molar-refractivity contribution in [3.05, 3.63) is 64.0 Å². The number of hydrogen-bond donors (Lipinski definition) is 1. The number of carbonyl (C=O) groups excluding carboxylic acids is 1. The van der Waals surface area contributed by atoms with Gasteiger partial charge in [-0.15, -0.1) is 0 Å². The van der Waals surface area contributed by atoms with Crippen LogP contribution in [0.25, 0.3) is 16.6 Å². The largest absolute Gasteiger partial charge is 0.444 e. The van der Waals surface area contributed by atoms with E-state index in [0.717, 1.165) is 41.8 Å². The number of fused-ring (bicyclic) bond motifs is 1. The number of amides is 1. The number of alkyl carbamates (subject to hydrolysis) is 1. The van der Waals surface area contributed by atoms with Gasteiger partial charge in [-0.3, -0.25) is 14.3 Å². The molecule has 2 heterocycles. The van der Waals surface area contributed by atoms with E-state index in [4.69, 9.17) is 4.74 Å². The number of halogens is 2. The molecule has 10 heteroatoms. The minimum absolute atomic E-state index is 0.00356. The summed E-state index contributed by atoms with van der Waals surface area (Å²) in [6.07, 6.45) is 3.04. The molecule has 170 valence electrons. The van der Waals surface area contributed by atoms with Crippen molar-refractivity contribution >= 4 is 17.0 Å². The highest BCUT2D eigenvalue weighted by atomic mass is 19.1. The Labute approximate surface area is 187 Å². The first-order valence-electron chi connectivity index (χ1n) is 10.3. The number of nitrogens with one attached hydrogen (secondary N) is 1. The maximum absolute atomic E-state index is 14.1. The molecular weight excluding hydrogens is 432 g/mol. The van der Waals surface area contributed by atoms with Crippen molar-refractivity contribution < 1.29 is 18.3 Å². The monoisotopic (exact) mass is 453 g/mol. The first-order valence-corrected chi connectivity index (χ1v) is 10.3. The Kier molecular flexibility index (Phi) is 5.57. The van der Waals surface area contributed by atoms with Crippen molar-refractivity contribution in [3.8, 4) is 11.8 Å². The highest BCUT2D eigenvalue weighted by Gasteiger charge is 2.38. The highest BCUT2D eigenvalue weighted by molar-refractivity contribution is 5.84. The summed E-state index contributed by atoms with van der Waals surface area (Å²) in [5.74, 6) is -1.44. The average molecular weight is 453 g/mol. The summed E-state index contributed by atoms with van der Waals surface area (Å²) in [6, 6.07) is 4.14. The van der Waals surface area contributed by atoms with E-state index in [1.54, 1.807) is 20.8 Å². The number of pyridine rings is 1. The van der Waals surface area contributed by atoms with Crippen LogP contribution in [0.2, 0.25) is 0 Å². The Balaban J connectivity index is 1.97. The van der Waals surface area contributed by atoms with Crippen LogP contribution in [0.15, 0.2) is 35.4 Å². The van der Waals surface area contributed by atoms with Crippen LogP contribution in [-0.2, 0) is 4.74 Å². The molecule has 1 aliphatic carbocycles. The van der Waals surface area contributed by atoms with Gasteiger partial charge in [0.25, 0.3) is 5.56 Å². The van der Waals surface area contributed by atoms with E-state index in [2.05, 4.69) is 15.3 Å². The lowest BCUT2D eigenvalue weighted by atomic mass is 10.1. The third-order valence-electron chi connectivity index (χ3n) is 5.08. The summed E-state index contributed by atoms with van der Waals surface area (Å²) in [4.78, 5) is 34.4. The van der Waals surface area contributed by atoms with Crippen molar-refractivity contribution in [2.45, 2.75) is 45.3 Å². The van der Waals surface area contributed by atoms with Gasteiger partial charge in [-0.2, -0.15) is 5.26 Å². The van der Waals surface area contributed by atoms with Crippen LogP contribution in [0.4, 0.5) is 13.6 Å². The van der Waals surface area contributed by atoms with Gasteiger partial charge in [0, 0.05) is 6.07 Å². The van der Waals surface area contributed by atoms with E-state index in [0.29, 0.717) is 0 Å². The van der Waals surface area contributed by atoms with Crippen LogP contribution in [-0.4, -0.2) is 26.2 Å². The second-order valence-electron chi connectivity index (χ2n) is 8.89. The lowest BCUT2D eigenvalue weighted by molar-refractivity contribution is 0.0493. The topological polar surface area (TPSA) is 110 Å². The first kappa shape index (κ1) is 22.3. The van der Waals surface area contributed by atoms with Crippen molar-refractivity contribution in [1.29, 1.82) is 5.26 Å². The molecule has 1 atom stereocenters. The molecule has 33 heavy (non-hydrogen) atoms. The molecular formula is C23H21F2N5O3. The van der Waals surface area contributed by atoms with E-state index in [-0.39, 0.29) is 33.9 Å². The summed E-state index contributed by atoms with van der Waals surface area (Å²) in [5.41, 5.74) is -1.54. The summed E-state index contributed by atoms with van der Waals surface area (Å²) in [5, 5.41) is 12.1. The average Bonchev–Trinajstić information content (AvgIpc) is 3.55. The predicted molar refractivity (Wildman–Crippen MR) is 115 cm³/mol. The molecule has 1 N–H and O–H groups in total. The zero-order valence-electron chi connectivity index (χ0n) is 18.2. The molecule has 4 rings (SSSR count). The number of benzene rings is 1. The summed E-state index contributed by atoms with van der Waals surface area (Å²) in [6.45, 7) is 5.15. The lowest BCUT2D eigenvalue weighted by Gasteiger charge is -2.25. The Morgan fingerprint density at radius 1 is 1.24 bits per heavy atom. The number of hydrogen-bond acceptors (Lipinski definition) is 6. The van der Waals surface area contributed by atoms with Gasteiger partial charge in [-0.25, -0.2) is 18.6 Å². The van der Waals surface area contributed by atoms with Gasteiger partial charge in [0.2, 0.25) is 0 Å². The molecule has 1 fully saturated rings. The Morgan fingerprint density at radius 3 is 2.58 bits per heavy atom. The van der Waals surface area contributed by atoms with E-state index in [1.165, 1.54) is 6.20 Å². The van der Waals surface area contributed by atoms with E-state index in [9.17, 15) is 23.6 Å². The Hall–Kier alpha value is -3.87. The highest BCUT2D eigenvalue weighted by Crippen LogP contribution is 2.41. The molecule has 1 saturated carbocycles. The SMILES string of the molecule is CC(C)(C)OC(=O)N[C@H](c1nc2c(C#N)cc(F)cc2c(=O)n1-c1cncc(F)c1)C1CC1. The Morgan fingerprint density at radius 2 is 1.97 bits per heavy atom. The van der Waals surface area contributed by atoms with Crippen molar-refractivity contribution in [1.82, 2.24) is 19.9 Å². The van der Waals surface area contributed by atoms with Crippen molar-refractivity contribution in [2.24, 2.45) is 5.92 Å². The molecule has 2 aromatic heterocycles. The zero-order chi connectivity index (χ0) is 23.9. The number of carbonyl (C=O) groups is 1. The van der Waals surface area contributed by atoms with Gasteiger partial charge in [0.1, 0.15) is 29.1 Å². The number of ether oxygens (including phenoxy) is 1. The number of nitriles is 1. The molecule has 0 bridgehead atoms. The number of nitrogens with zero attached hydrogens (tertiary/aromatic N) is 4. The van der Waals surface area contributed by atoms with E-state index in [1.807, 2.05) is 6.07 Å². The molecule has 0 aliphatic heterocycles. The van der Waals surface area contributed by atoms with Gasteiger partial charge in [0.15, 0.2) is 0 Å². The molecule has 0 spiro atoms. The fourth-order valence-corrected chi connectivity index (χ4v) is 3.60. The minimum Gasteiger partial charge on any atom is -0.444 e. The van der Waals surface area contributed by atoms with Crippen molar-refractivity contribution in [3.63, 3.8) is 0 Å². The molecule has 8 nitrogen and oxygen atoms in total. The number of rotatable bonds is 4. The zero-order valence-corrected chi connectivity index (χ0v) is 18.2. The van der Waals surface area contributed by atoms with Crippen LogP contribution < -0.4 is 10.9 Å². The van der Waals surface area contributed by atoms with Gasteiger partial charge < -0.3 is 10.1 Å². The maximum atomic E-state index is 14.1. The van der Waals surface area contributed by atoms with Crippen LogP contribution in [0, 0.1) is 28.9 Å². The quantitative estimate of drug-likeness (QED) is 0.642. The number of aromatic nitrogens is 3. The third-order valence-corrected chi connectivity index (χ3v) is 5.08. The van der Waals surface area contributed by atoms with E-state index < -0.39 is 34.9 Å². The summed E-state index contributed by atoms with van der Waals surface area (Å²) < 4.78 is 34.6. The van der Waals surface area contributed by atoms with E-state index >= 15 is 0 Å². The maximum Gasteiger partial charge on any atom is 0.408 e. The van der Waals surface area contributed by atoms with Gasteiger partial charge in [-0.05, 0) is 51.7 Å². The Bertz CT molecular complexity index is 1350. The summed E-state index contributed by atoms with van der Waals surface area (Å²) >= 11 is 0. The second-order valence-corrected chi connectivity index (χ2v) is 8.89. The standard InChI is InChI=1S/C23H21F2N5O3/c1-23(2,3)33-22(32)29-19(12-4-5-12)20-28-18-13(9-26)6-14(24)8-17(18)21(31)30(20)16-7-15(25)10-27-11-16/h6-8,10-12,19H,4-5H2,1-3H3,(H,29,32)/t19-/m0/s1. The van der Waals surface area contributed by atoms with Gasteiger partial charge in [0.05, 0.1) is 40.6 Å². The molecule has 3 aromatic rings. The normalized spacial score (nSPS) is 14.5. The van der Waals surface area contributed by atoms with Crippen LogP contribution in [0.1, 0.15) is 51.0 Å². The van der Waals surface area contributed by atoms with Crippen molar-refractivity contribution in [2.75, 3.05) is 0 Å². The van der Waals surface area contributed by atoms with Crippen LogP contribution in [0.5, 0.6) is 0 Å². The molecule has 1 aromatic carbocycles. The molecule has 0 unspecified atom stereocenters. The molecule has 0 saturated heterocycles. The summed E-state index contributed by atoms with van der Waals surface area (Å²) in [7, 11) is 0. The van der Waals surface area contributed by atoms with Gasteiger partial charge in [-0.1, -0.05) is 0 Å².